The van der Waals surface area contributed by atoms with Crippen molar-refractivity contribution in [2.45, 2.75) is 20.4 Å². The van der Waals surface area contributed by atoms with Crippen LogP contribution >= 0.6 is 0 Å². The lowest BCUT2D eigenvalue weighted by atomic mass is 10.1. The van der Waals surface area contributed by atoms with Gasteiger partial charge in [0.2, 0.25) is 0 Å². The number of hydrogen-bond donors (Lipinski definition) is 2. The van der Waals surface area contributed by atoms with E-state index in [-0.39, 0.29) is 0 Å². The Morgan fingerprint density at radius 3 is 2.32 bits per heavy atom. The quantitative estimate of drug-likeness (QED) is 0.823. The average molecular weight is 256 g/mol. The third-order valence-electron chi connectivity index (χ3n) is 3.31. The van der Waals surface area contributed by atoms with E-state index in [1.807, 2.05) is 30.3 Å². The van der Waals surface area contributed by atoms with E-state index in [0.29, 0.717) is 0 Å². The Morgan fingerprint density at radius 2 is 1.68 bits per heavy atom. The van der Waals surface area contributed by atoms with Crippen LogP contribution in [-0.4, -0.2) is 7.11 Å². The fourth-order valence-corrected chi connectivity index (χ4v) is 1.93. The van der Waals surface area contributed by atoms with Crippen molar-refractivity contribution in [3.05, 3.63) is 53.1 Å². The van der Waals surface area contributed by atoms with Gasteiger partial charge in [0.05, 0.1) is 18.5 Å². The Hall–Kier alpha value is -2.16. The minimum atomic E-state index is 0.747. The highest BCUT2D eigenvalue weighted by molar-refractivity contribution is 5.68. The molecule has 0 amide bonds. The van der Waals surface area contributed by atoms with E-state index < -0.39 is 0 Å². The highest BCUT2D eigenvalue weighted by atomic mass is 16.5. The summed E-state index contributed by atoms with van der Waals surface area (Å²) in [7, 11) is 1.67. The van der Waals surface area contributed by atoms with Gasteiger partial charge in [-0.25, -0.2) is 0 Å². The molecule has 0 aliphatic heterocycles. The summed E-state index contributed by atoms with van der Waals surface area (Å²) < 4.78 is 5.14. The molecule has 0 bridgehead atoms. The number of nitrogen functional groups attached to an aromatic ring is 1. The number of methoxy groups -OCH3 is 1. The van der Waals surface area contributed by atoms with E-state index >= 15 is 0 Å². The van der Waals surface area contributed by atoms with Gasteiger partial charge in [0.15, 0.2) is 0 Å². The van der Waals surface area contributed by atoms with Crippen LogP contribution in [0.15, 0.2) is 36.4 Å². The zero-order valence-electron chi connectivity index (χ0n) is 11.7. The van der Waals surface area contributed by atoms with Gasteiger partial charge in [-0.05, 0) is 54.8 Å². The van der Waals surface area contributed by atoms with E-state index in [1.165, 1.54) is 16.7 Å². The third-order valence-corrected chi connectivity index (χ3v) is 3.31. The van der Waals surface area contributed by atoms with E-state index in [0.717, 1.165) is 23.7 Å². The normalized spacial score (nSPS) is 10.3. The zero-order valence-corrected chi connectivity index (χ0v) is 11.7. The molecule has 3 N–H and O–H groups in total. The maximum atomic E-state index is 6.02. The van der Waals surface area contributed by atoms with Gasteiger partial charge in [0.25, 0.3) is 0 Å². The Balaban J connectivity index is 2.07. The zero-order chi connectivity index (χ0) is 13.8. The molecule has 0 aliphatic carbocycles. The van der Waals surface area contributed by atoms with Crippen molar-refractivity contribution < 1.29 is 4.74 Å². The molecule has 0 aliphatic rings. The fraction of sp³-hybridized carbons (Fsp3) is 0.250. The third kappa shape index (κ3) is 3.19. The Morgan fingerprint density at radius 1 is 1.05 bits per heavy atom. The molecule has 0 saturated carbocycles. The van der Waals surface area contributed by atoms with Crippen LogP contribution in [0.25, 0.3) is 0 Å². The highest BCUT2D eigenvalue weighted by Crippen LogP contribution is 2.23. The molecule has 19 heavy (non-hydrogen) atoms. The van der Waals surface area contributed by atoms with Crippen LogP contribution in [0.2, 0.25) is 0 Å². The van der Waals surface area contributed by atoms with E-state index in [4.69, 9.17) is 10.5 Å². The topological polar surface area (TPSA) is 47.3 Å². The predicted molar refractivity (Wildman–Crippen MR) is 80.6 cm³/mol. The lowest BCUT2D eigenvalue weighted by Crippen LogP contribution is -2.03. The summed E-state index contributed by atoms with van der Waals surface area (Å²) in [6, 6.07) is 12.1. The van der Waals surface area contributed by atoms with E-state index in [1.54, 1.807) is 7.11 Å². The minimum absolute atomic E-state index is 0.747. The molecule has 100 valence electrons. The molecule has 0 unspecified atom stereocenters. The smallest absolute Gasteiger partial charge is 0.118 e. The van der Waals surface area contributed by atoms with Gasteiger partial charge in [0.1, 0.15) is 5.75 Å². The molecular formula is C16H20N2O. The number of nitrogens with one attached hydrogen (secondary N) is 1. The maximum absolute atomic E-state index is 6.02. The lowest BCUT2D eigenvalue weighted by Gasteiger charge is -2.12. The minimum Gasteiger partial charge on any atom is -0.497 e. The molecule has 0 heterocycles. The number of ether oxygens (including phenoxy) is 1. The molecule has 3 nitrogen and oxygen atoms in total. The first-order chi connectivity index (χ1) is 9.10. The van der Waals surface area contributed by atoms with Crippen molar-refractivity contribution in [3.8, 4) is 5.75 Å². The molecule has 0 saturated heterocycles. The number of aryl methyl sites for hydroxylation is 2. The second kappa shape index (κ2) is 5.65. The van der Waals surface area contributed by atoms with Gasteiger partial charge in [-0.1, -0.05) is 12.1 Å². The lowest BCUT2D eigenvalue weighted by molar-refractivity contribution is 0.414. The summed E-state index contributed by atoms with van der Waals surface area (Å²) in [5.74, 6) is 0.870. The number of rotatable bonds is 4. The van der Waals surface area contributed by atoms with E-state index in [2.05, 4.69) is 25.2 Å². The molecule has 0 fully saturated rings. The molecule has 3 heteroatoms. The van der Waals surface area contributed by atoms with Gasteiger partial charge >= 0.3 is 0 Å². The van der Waals surface area contributed by atoms with Crippen molar-refractivity contribution in [1.82, 2.24) is 0 Å². The van der Waals surface area contributed by atoms with Crippen LogP contribution in [0.4, 0.5) is 11.4 Å². The van der Waals surface area contributed by atoms with Crippen LogP contribution in [0, 0.1) is 13.8 Å². The molecule has 0 radical (unpaired) electrons. The molecule has 0 spiro atoms. The SMILES string of the molecule is COc1ccc(CNc2cc(C)c(C)cc2N)cc1. The van der Waals surface area contributed by atoms with Crippen LogP contribution in [-0.2, 0) is 6.54 Å². The second-order valence-corrected chi connectivity index (χ2v) is 4.73. The van der Waals surface area contributed by atoms with Crippen molar-refractivity contribution in [2.75, 3.05) is 18.2 Å². The van der Waals surface area contributed by atoms with Crippen molar-refractivity contribution in [1.29, 1.82) is 0 Å². The number of nitrogens with two attached hydrogens (primary N) is 1. The monoisotopic (exact) mass is 256 g/mol. The molecule has 0 aromatic heterocycles. The average Bonchev–Trinajstić information content (AvgIpc) is 2.42. The Bertz CT molecular complexity index is 562. The van der Waals surface area contributed by atoms with Crippen molar-refractivity contribution in [3.63, 3.8) is 0 Å². The second-order valence-electron chi connectivity index (χ2n) is 4.73. The van der Waals surface area contributed by atoms with Crippen LogP contribution in [0.1, 0.15) is 16.7 Å². The molecular weight excluding hydrogens is 236 g/mol. The Labute approximate surface area is 114 Å². The summed E-state index contributed by atoms with van der Waals surface area (Å²) >= 11 is 0. The predicted octanol–water partition coefficient (Wildman–Crippen LogP) is 3.51. The van der Waals surface area contributed by atoms with Crippen molar-refractivity contribution >= 4 is 11.4 Å². The summed E-state index contributed by atoms with van der Waals surface area (Å²) in [5.41, 5.74) is 11.4. The molecule has 2 aromatic carbocycles. The van der Waals surface area contributed by atoms with Gasteiger partial charge in [-0.2, -0.15) is 0 Å². The first kappa shape index (κ1) is 13.3. The van der Waals surface area contributed by atoms with Gasteiger partial charge < -0.3 is 15.8 Å². The fourth-order valence-electron chi connectivity index (χ4n) is 1.93. The van der Waals surface area contributed by atoms with Gasteiger partial charge in [0, 0.05) is 6.54 Å². The van der Waals surface area contributed by atoms with Crippen LogP contribution < -0.4 is 15.8 Å². The number of anilines is 2. The van der Waals surface area contributed by atoms with Crippen LogP contribution in [0.3, 0.4) is 0 Å². The largest absolute Gasteiger partial charge is 0.497 e. The summed E-state index contributed by atoms with van der Waals surface area (Å²) in [6.07, 6.45) is 0. The number of hydrogen-bond acceptors (Lipinski definition) is 3. The van der Waals surface area contributed by atoms with E-state index in [9.17, 15) is 0 Å². The Kier molecular flexibility index (Phi) is 3.95. The first-order valence-corrected chi connectivity index (χ1v) is 6.33. The van der Waals surface area contributed by atoms with Crippen molar-refractivity contribution in [2.24, 2.45) is 0 Å². The van der Waals surface area contributed by atoms with Crippen LogP contribution in [0.5, 0.6) is 5.75 Å². The number of benzene rings is 2. The summed E-state index contributed by atoms with van der Waals surface area (Å²) in [6.45, 7) is 4.91. The highest BCUT2D eigenvalue weighted by Gasteiger charge is 2.02. The van der Waals surface area contributed by atoms with Gasteiger partial charge in [-0.3, -0.25) is 0 Å². The maximum Gasteiger partial charge on any atom is 0.118 e. The standard InChI is InChI=1S/C16H20N2O/c1-11-8-15(17)16(9-12(11)2)18-10-13-4-6-14(19-3)7-5-13/h4-9,18H,10,17H2,1-3H3. The molecule has 2 aromatic rings. The summed E-state index contributed by atoms with van der Waals surface area (Å²) in [4.78, 5) is 0. The summed E-state index contributed by atoms with van der Waals surface area (Å²) in [5, 5.41) is 3.37. The molecule has 2 rings (SSSR count). The first-order valence-electron chi connectivity index (χ1n) is 6.33. The van der Waals surface area contributed by atoms with Gasteiger partial charge in [-0.15, -0.1) is 0 Å². The molecule has 0 atom stereocenters.